The average molecular weight is 268 g/mol. The highest BCUT2D eigenvalue weighted by Crippen LogP contribution is 2.24. The van der Waals surface area contributed by atoms with Gasteiger partial charge in [-0.2, -0.15) is 0 Å². The molecule has 1 aliphatic carbocycles. The third-order valence-corrected chi connectivity index (χ3v) is 4.35. The van der Waals surface area contributed by atoms with E-state index in [1.54, 1.807) is 0 Å². The van der Waals surface area contributed by atoms with E-state index in [2.05, 4.69) is 12.2 Å². The number of amides is 2. The molecule has 1 aliphatic heterocycles. The SMILES string of the molecule is CC1CCN(C(=O)NC2CCCCCC2C(=O)O)C1. The molecule has 1 saturated carbocycles. The minimum Gasteiger partial charge on any atom is -0.481 e. The summed E-state index contributed by atoms with van der Waals surface area (Å²) in [5.74, 6) is -0.649. The number of hydrogen-bond acceptors (Lipinski definition) is 2. The first kappa shape index (κ1) is 14.2. The molecule has 0 bridgehead atoms. The summed E-state index contributed by atoms with van der Waals surface area (Å²) >= 11 is 0. The average Bonchev–Trinajstić information content (AvgIpc) is 2.65. The van der Waals surface area contributed by atoms with Gasteiger partial charge < -0.3 is 15.3 Å². The molecule has 0 aromatic carbocycles. The Morgan fingerprint density at radius 3 is 2.53 bits per heavy atom. The lowest BCUT2D eigenvalue weighted by molar-refractivity contribution is -0.142. The van der Waals surface area contributed by atoms with E-state index in [4.69, 9.17) is 0 Å². The molecule has 0 radical (unpaired) electrons. The minimum absolute atomic E-state index is 0.0810. The Morgan fingerprint density at radius 1 is 1.16 bits per heavy atom. The zero-order valence-corrected chi connectivity index (χ0v) is 11.6. The highest BCUT2D eigenvalue weighted by molar-refractivity contribution is 5.77. The summed E-state index contributed by atoms with van der Waals surface area (Å²) in [5, 5.41) is 12.2. The van der Waals surface area contributed by atoms with Gasteiger partial charge in [0.15, 0.2) is 0 Å². The number of aliphatic carboxylic acids is 1. The first-order valence-electron chi connectivity index (χ1n) is 7.36. The Hall–Kier alpha value is -1.26. The number of carboxylic acids is 1. The van der Waals surface area contributed by atoms with Gasteiger partial charge in [0, 0.05) is 19.1 Å². The van der Waals surface area contributed by atoms with Crippen LogP contribution in [0.1, 0.15) is 45.4 Å². The fourth-order valence-electron chi connectivity index (χ4n) is 3.15. The lowest BCUT2D eigenvalue weighted by Crippen LogP contribution is -2.48. The van der Waals surface area contributed by atoms with Crippen LogP contribution in [-0.4, -0.2) is 41.1 Å². The van der Waals surface area contributed by atoms with Crippen LogP contribution in [0.4, 0.5) is 4.79 Å². The molecule has 5 heteroatoms. The molecular formula is C14H24N2O3. The van der Waals surface area contributed by atoms with E-state index < -0.39 is 11.9 Å². The highest BCUT2D eigenvalue weighted by atomic mass is 16.4. The molecule has 1 saturated heterocycles. The fraction of sp³-hybridized carbons (Fsp3) is 0.857. The summed E-state index contributed by atoms with van der Waals surface area (Å²) in [4.78, 5) is 25.3. The lowest BCUT2D eigenvalue weighted by Gasteiger charge is -2.26. The summed E-state index contributed by atoms with van der Waals surface area (Å²) < 4.78 is 0. The van der Waals surface area contributed by atoms with Gasteiger partial charge in [0.05, 0.1) is 5.92 Å². The van der Waals surface area contributed by atoms with Crippen LogP contribution in [0.2, 0.25) is 0 Å². The van der Waals surface area contributed by atoms with Crippen LogP contribution in [0.5, 0.6) is 0 Å². The van der Waals surface area contributed by atoms with Gasteiger partial charge in [-0.25, -0.2) is 4.79 Å². The van der Waals surface area contributed by atoms with Gasteiger partial charge in [0.1, 0.15) is 0 Å². The van der Waals surface area contributed by atoms with Crippen molar-refractivity contribution < 1.29 is 14.7 Å². The fourth-order valence-corrected chi connectivity index (χ4v) is 3.15. The van der Waals surface area contributed by atoms with E-state index in [1.165, 1.54) is 0 Å². The van der Waals surface area contributed by atoms with Crippen LogP contribution in [-0.2, 0) is 4.79 Å². The Morgan fingerprint density at radius 2 is 1.89 bits per heavy atom. The third kappa shape index (κ3) is 3.61. The van der Waals surface area contributed by atoms with E-state index >= 15 is 0 Å². The molecule has 0 aromatic heterocycles. The van der Waals surface area contributed by atoms with Crippen LogP contribution in [0.3, 0.4) is 0 Å². The minimum atomic E-state index is -0.776. The third-order valence-electron chi connectivity index (χ3n) is 4.35. The maximum atomic E-state index is 12.2. The first-order valence-corrected chi connectivity index (χ1v) is 7.36. The molecular weight excluding hydrogens is 244 g/mol. The number of carboxylic acid groups (broad SMARTS) is 1. The number of nitrogens with one attached hydrogen (secondary N) is 1. The molecule has 0 spiro atoms. The van der Waals surface area contributed by atoms with E-state index in [0.29, 0.717) is 12.3 Å². The largest absolute Gasteiger partial charge is 0.481 e. The molecule has 2 fully saturated rings. The van der Waals surface area contributed by atoms with Gasteiger partial charge in [-0.05, 0) is 25.2 Å². The number of carbonyl (C=O) groups is 2. The second-order valence-corrected chi connectivity index (χ2v) is 5.98. The summed E-state index contributed by atoms with van der Waals surface area (Å²) in [6, 6.07) is -0.286. The molecule has 3 unspecified atom stereocenters. The van der Waals surface area contributed by atoms with Gasteiger partial charge in [-0.15, -0.1) is 0 Å². The molecule has 19 heavy (non-hydrogen) atoms. The normalized spacial score (nSPS) is 31.8. The van der Waals surface area contributed by atoms with Crippen LogP contribution >= 0.6 is 0 Å². The Labute approximate surface area is 114 Å². The van der Waals surface area contributed by atoms with Crippen molar-refractivity contribution in [3.63, 3.8) is 0 Å². The van der Waals surface area contributed by atoms with Crippen molar-refractivity contribution in [1.29, 1.82) is 0 Å². The number of carbonyl (C=O) groups excluding carboxylic acids is 1. The van der Waals surface area contributed by atoms with Crippen LogP contribution in [0.15, 0.2) is 0 Å². The molecule has 108 valence electrons. The number of hydrogen-bond donors (Lipinski definition) is 2. The zero-order valence-electron chi connectivity index (χ0n) is 11.6. The predicted octanol–water partition coefficient (Wildman–Crippen LogP) is 2.07. The maximum absolute atomic E-state index is 12.2. The molecule has 2 aliphatic rings. The van der Waals surface area contributed by atoms with Crippen molar-refractivity contribution in [1.82, 2.24) is 10.2 Å². The van der Waals surface area contributed by atoms with E-state index in [1.807, 2.05) is 4.90 Å². The highest BCUT2D eigenvalue weighted by Gasteiger charge is 2.32. The van der Waals surface area contributed by atoms with Crippen molar-refractivity contribution in [3.05, 3.63) is 0 Å². The van der Waals surface area contributed by atoms with Gasteiger partial charge >= 0.3 is 12.0 Å². The molecule has 2 amide bonds. The number of likely N-dealkylation sites (tertiary alicyclic amines) is 1. The summed E-state index contributed by atoms with van der Waals surface area (Å²) in [7, 11) is 0. The summed E-state index contributed by atoms with van der Waals surface area (Å²) in [6.45, 7) is 3.72. The maximum Gasteiger partial charge on any atom is 0.317 e. The Bertz CT molecular complexity index is 346. The Balaban J connectivity index is 1.94. The van der Waals surface area contributed by atoms with Crippen molar-refractivity contribution in [2.75, 3.05) is 13.1 Å². The van der Waals surface area contributed by atoms with Gasteiger partial charge in [-0.3, -0.25) is 4.79 Å². The number of nitrogens with zero attached hydrogens (tertiary/aromatic N) is 1. The van der Waals surface area contributed by atoms with E-state index in [0.717, 1.165) is 45.2 Å². The van der Waals surface area contributed by atoms with Crippen LogP contribution in [0.25, 0.3) is 0 Å². The van der Waals surface area contributed by atoms with E-state index in [9.17, 15) is 14.7 Å². The second-order valence-electron chi connectivity index (χ2n) is 5.98. The second kappa shape index (κ2) is 6.26. The first-order chi connectivity index (χ1) is 9.08. The topological polar surface area (TPSA) is 69.6 Å². The van der Waals surface area contributed by atoms with Gasteiger partial charge in [0.25, 0.3) is 0 Å². The molecule has 1 heterocycles. The molecule has 2 rings (SSSR count). The smallest absolute Gasteiger partial charge is 0.317 e. The number of rotatable bonds is 2. The summed E-state index contributed by atoms with van der Waals surface area (Å²) in [6.07, 6.45) is 5.52. The summed E-state index contributed by atoms with van der Waals surface area (Å²) in [5.41, 5.74) is 0. The van der Waals surface area contributed by atoms with Crippen molar-refractivity contribution in [3.8, 4) is 0 Å². The van der Waals surface area contributed by atoms with Crippen molar-refractivity contribution in [2.24, 2.45) is 11.8 Å². The van der Waals surface area contributed by atoms with Crippen molar-refractivity contribution >= 4 is 12.0 Å². The van der Waals surface area contributed by atoms with Gasteiger partial charge in [-0.1, -0.05) is 26.2 Å². The van der Waals surface area contributed by atoms with Crippen molar-refractivity contribution in [2.45, 2.75) is 51.5 Å². The van der Waals surface area contributed by atoms with Crippen LogP contribution in [0, 0.1) is 11.8 Å². The van der Waals surface area contributed by atoms with E-state index in [-0.39, 0.29) is 12.1 Å². The predicted molar refractivity (Wildman–Crippen MR) is 71.9 cm³/mol. The quantitative estimate of drug-likeness (QED) is 0.753. The molecule has 5 nitrogen and oxygen atoms in total. The van der Waals surface area contributed by atoms with Crippen LogP contribution < -0.4 is 5.32 Å². The lowest BCUT2D eigenvalue weighted by atomic mass is 9.95. The van der Waals surface area contributed by atoms with Gasteiger partial charge in [0.2, 0.25) is 0 Å². The molecule has 3 atom stereocenters. The molecule has 2 N–H and O–H groups in total. The Kier molecular flexibility index (Phi) is 4.66. The molecule has 0 aromatic rings. The standard InChI is InChI=1S/C14H24N2O3/c1-10-7-8-16(9-10)14(19)15-12-6-4-2-3-5-11(12)13(17)18/h10-12H,2-9H2,1H3,(H,15,19)(H,17,18). The number of urea groups is 1. The zero-order chi connectivity index (χ0) is 13.8. The monoisotopic (exact) mass is 268 g/mol.